The summed E-state index contributed by atoms with van der Waals surface area (Å²) in [6.07, 6.45) is 1.60. The molecule has 0 aliphatic carbocycles. The molecule has 5 nitrogen and oxygen atoms in total. The maximum Gasteiger partial charge on any atom is 0.269 e. The Morgan fingerprint density at radius 3 is 2.89 bits per heavy atom. The first-order valence-corrected chi connectivity index (χ1v) is 5.62. The molecule has 1 aromatic carbocycles. The van der Waals surface area contributed by atoms with Gasteiger partial charge in [-0.25, -0.2) is 4.98 Å². The molecule has 0 atom stereocenters. The summed E-state index contributed by atoms with van der Waals surface area (Å²) in [6.45, 7) is 0.451. The molecular formula is C12H10ClN3O2. The molecular weight excluding hydrogens is 254 g/mol. The molecule has 6 heteroatoms. The van der Waals surface area contributed by atoms with Crippen LogP contribution in [0.15, 0.2) is 42.6 Å². The second-order valence-electron chi connectivity index (χ2n) is 3.62. The number of anilines is 1. The second kappa shape index (κ2) is 5.46. The Labute approximate surface area is 109 Å². The number of benzene rings is 1. The first kappa shape index (κ1) is 12.3. The number of hydrogen-bond acceptors (Lipinski definition) is 4. The summed E-state index contributed by atoms with van der Waals surface area (Å²) in [7, 11) is 0. The van der Waals surface area contributed by atoms with Gasteiger partial charge in [0.15, 0.2) is 5.15 Å². The van der Waals surface area contributed by atoms with E-state index in [1.54, 1.807) is 24.4 Å². The highest BCUT2D eigenvalue weighted by Crippen LogP contribution is 2.19. The van der Waals surface area contributed by atoms with E-state index in [1.807, 2.05) is 6.07 Å². The quantitative estimate of drug-likeness (QED) is 0.522. The number of nitrogens with zero attached hydrogens (tertiary/aromatic N) is 2. The van der Waals surface area contributed by atoms with Crippen LogP contribution in [0.2, 0.25) is 5.15 Å². The molecule has 1 N–H and O–H groups in total. The van der Waals surface area contributed by atoms with E-state index in [4.69, 9.17) is 11.6 Å². The van der Waals surface area contributed by atoms with Gasteiger partial charge in [0.2, 0.25) is 0 Å². The molecule has 2 rings (SSSR count). The monoisotopic (exact) mass is 263 g/mol. The fourth-order valence-electron chi connectivity index (χ4n) is 1.50. The Morgan fingerprint density at radius 1 is 1.33 bits per heavy atom. The van der Waals surface area contributed by atoms with Crippen LogP contribution < -0.4 is 5.32 Å². The number of aromatic nitrogens is 1. The summed E-state index contributed by atoms with van der Waals surface area (Å²) in [4.78, 5) is 14.2. The van der Waals surface area contributed by atoms with Crippen LogP contribution in [-0.4, -0.2) is 9.91 Å². The average Bonchev–Trinajstić information content (AvgIpc) is 2.38. The molecule has 0 spiro atoms. The molecule has 0 saturated heterocycles. The topological polar surface area (TPSA) is 68.1 Å². The number of rotatable bonds is 4. The van der Waals surface area contributed by atoms with Crippen molar-refractivity contribution in [2.45, 2.75) is 6.54 Å². The molecule has 18 heavy (non-hydrogen) atoms. The zero-order valence-electron chi connectivity index (χ0n) is 9.34. The number of halogens is 1. The van der Waals surface area contributed by atoms with Gasteiger partial charge in [0.25, 0.3) is 5.69 Å². The summed E-state index contributed by atoms with van der Waals surface area (Å²) in [5, 5.41) is 14.1. The van der Waals surface area contributed by atoms with Gasteiger partial charge in [-0.1, -0.05) is 23.7 Å². The van der Waals surface area contributed by atoms with E-state index in [1.165, 1.54) is 12.1 Å². The molecule has 2 aromatic rings. The van der Waals surface area contributed by atoms with Crippen molar-refractivity contribution in [3.8, 4) is 0 Å². The third-order valence-electron chi connectivity index (χ3n) is 2.36. The minimum Gasteiger partial charge on any atom is -0.378 e. The van der Waals surface area contributed by atoms with Gasteiger partial charge in [-0.3, -0.25) is 10.1 Å². The van der Waals surface area contributed by atoms with Crippen molar-refractivity contribution in [3.63, 3.8) is 0 Å². The van der Waals surface area contributed by atoms with Crippen molar-refractivity contribution in [1.82, 2.24) is 4.98 Å². The fourth-order valence-corrected chi connectivity index (χ4v) is 1.68. The number of pyridine rings is 1. The molecule has 0 unspecified atom stereocenters. The highest BCUT2D eigenvalue weighted by atomic mass is 35.5. The number of nitro benzene ring substituents is 1. The summed E-state index contributed by atoms with van der Waals surface area (Å²) < 4.78 is 0. The van der Waals surface area contributed by atoms with Gasteiger partial charge in [0.05, 0.1) is 10.6 Å². The smallest absolute Gasteiger partial charge is 0.269 e. The molecule has 0 aliphatic heterocycles. The van der Waals surface area contributed by atoms with Crippen molar-refractivity contribution in [2.24, 2.45) is 0 Å². The predicted molar refractivity (Wildman–Crippen MR) is 69.7 cm³/mol. The normalized spacial score (nSPS) is 10.1. The van der Waals surface area contributed by atoms with E-state index in [0.29, 0.717) is 17.4 Å². The van der Waals surface area contributed by atoms with Crippen molar-refractivity contribution >= 4 is 23.0 Å². The van der Waals surface area contributed by atoms with Gasteiger partial charge < -0.3 is 5.32 Å². The SMILES string of the molecule is O=[N+]([O-])c1cccc(CNc2cccnc2Cl)c1. The molecule has 1 heterocycles. The highest BCUT2D eigenvalue weighted by Gasteiger charge is 2.06. The van der Waals surface area contributed by atoms with Gasteiger partial charge >= 0.3 is 0 Å². The lowest BCUT2D eigenvalue weighted by Crippen LogP contribution is -2.01. The van der Waals surface area contributed by atoms with Crippen molar-refractivity contribution < 1.29 is 4.92 Å². The van der Waals surface area contributed by atoms with Gasteiger partial charge in [0.1, 0.15) is 0 Å². The molecule has 0 fully saturated rings. The van der Waals surface area contributed by atoms with Crippen LogP contribution in [0.25, 0.3) is 0 Å². The number of hydrogen-bond donors (Lipinski definition) is 1. The standard InChI is InChI=1S/C12H10ClN3O2/c13-12-11(5-2-6-14-12)15-8-9-3-1-4-10(7-9)16(17)18/h1-7,15H,8H2. The molecule has 92 valence electrons. The highest BCUT2D eigenvalue weighted by molar-refractivity contribution is 6.31. The number of nitro groups is 1. The summed E-state index contributed by atoms with van der Waals surface area (Å²) in [5.74, 6) is 0. The lowest BCUT2D eigenvalue weighted by molar-refractivity contribution is -0.384. The zero-order chi connectivity index (χ0) is 13.0. The Balaban J connectivity index is 2.09. The van der Waals surface area contributed by atoms with Crippen molar-refractivity contribution in [2.75, 3.05) is 5.32 Å². The average molecular weight is 264 g/mol. The van der Waals surface area contributed by atoms with Crippen LogP contribution in [0.1, 0.15) is 5.56 Å². The second-order valence-corrected chi connectivity index (χ2v) is 3.98. The molecule has 0 saturated carbocycles. The summed E-state index contributed by atoms with van der Waals surface area (Å²) in [5.41, 5.74) is 1.58. The lowest BCUT2D eigenvalue weighted by atomic mass is 10.2. The van der Waals surface area contributed by atoms with Crippen LogP contribution in [0, 0.1) is 10.1 Å². The van der Waals surface area contributed by atoms with E-state index in [2.05, 4.69) is 10.3 Å². The minimum absolute atomic E-state index is 0.0755. The van der Waals surface area contributed by atoms with Gasteiger partial charge in [0, 0.05) is 24.9 Å². The molecule has 0 aliphatic rings. The molecule has 0 amide bonds. The van der Waals surface area contributed by atoms with E-state index in [9.17, 15) is 10.1 Å². The largest absolute Gasteiger partial charge is 0.378 e. The maximum atomic E-state index is 10.6. The maximum absolute atomic E-state index is 10.6. The van der Waals surface area contributed by atoms with Crippen LogP contribution in [0.3, 0.4) is 0 Å². The third-order valence-corrected chi connectivity index (χ3v) is 2.66. The first-order chi connectivity index (χ1) is 8.66. The van der Waals surface area contributed by atoms with Crippen LogP contribution in [-0.2, 0) is 6.54 Å². The minimum atomic E-state index is -0.416. The zero-order valence-corrected chi connectivity index (χ0v) is 10.1. The van der Waals surface area contributed by atoms with Crippen LogP contribution in [0.5, 0.6) is 0 Å². The Bertz CT molecular complexity index is 575. The third kappa shape index (κ3) is 2.95. The van der Waals surface area contributed by atoms with E-state index < -0.39 is 4.92 Å². The number of nitrogens with one attached hydrogen (secondary N) is 1. The fraction of sp³-hybridized carbons (Fsp3) is 0.0833. The van der Waals surface area contributed by atoms with Crippen LogP contribution in [0.4, 0.5) is 11.4 Å². The van der Waals surface area contributed by atoms with E-state index in [-0.39, 0.29) is 5.69 Å². The van der Waals surface area contributed by atoms with Crippen molar-refractivity contribution in [3.05, 3.63) is 63.4 Å². The predicted octanol–water partition coefficient (Wildman–Crippen LogP) is 3.26. The molecule has 0 bridgehead atoms. The van der Waals surface area contributed by atoms with E-state index >= 15 is 0 Å². The molecule has 1 aromatic heterocycles. The Morgan fingerprint density at radius 2 is 2.17 bits per heavy atom. The van der Waals surface area contributed by atoms with Gasteiger partial charge in [-0.2, -0.15) is 0 Å². The Hall–Kier alpha value is -2.14. The van der Waals surface area contributed by atoms with E-state index in [0.717, 1.165) is 5.56 Å². The Kier molecular flexibility index (Phi) is 3.74. The molecule has 0 radical (unpaired) electrons. The summed E-state index contributed by atoms with van der Waals surface area (Å²) in [6, 6.07) is 10.0. The first-order valence-electron chi connectivity index (χ1n) is 5.24. The van der Waals surface area contributed by atoms with Gasteiger partial charge in [-0.05, 0) is 17.7 Å². The van der Waals surface area contributed by atoms with Crippen LogP contribution >= 0.6 is 11.6 Å². The van der Waals surface area contributed by atoms with Gasteiger partial charge in [-0.15, -0.1) is 0 Å². The van der Waals surface area contributed by atoms with Crippen molar-refractivity contribution in [1.29, 1.82) is 0 Å². The summed E-state index contributed by atoms with van der Waals surface area (Å²) >= 11 is 5.89. The number of non-ortho nitro benzene ring substituents is 1. The lowest BCUT2D eigenvalue weighted by Gasteiger charge is -2.07.